The van der Waals surface area contributed by atoms with Crippen molar-refractivity contribution in [1.29, 1.82) is 0 Å². The number of rotatable bonds is 2. The number of nitrogens with two attached hydrogens (primary N) is 1. The van der Waals surface area contributed by atoms with E-state index in [1.807, 2.05) is 0 Å². The fourth-order valence-corrected chi connectivity index (χ4v) is 1.90. The molecule has 5 nitrogen and oxygen atoms in total. The van der Waals surface area contributed by atoms with Crippen molar-refractivity contribution in [1.82, 2.24) is 15.3 Å². The van der Waals surface area contributed by atoms with Gasteiger partial charge in [-0.2, -0.15) is 4.98 Å². The van der Waals surface area contributed by atoms with Crippen LogP contribution in [0.25, 0.3) is 0 Å². The maximum absolute atomic E-state index is 5.97. The molecule has 0 aromatic carbocycles. The molecule has 0 fully saturated rings. The van der Waals surface area contributed by atoms with Crippen LogP contribution >= 0.6 is 0 Å². The summed E-state index contributed by atoms with van der Waals surface area (Å²) in [7, 11) is 0. The highest BCUT2D eigenvalue weighted by Crippen LogP contribution is 2.18. The molecular formula is C11H19N5. The Balaban J connectivity index is 2.32. The fourth-order valence-electron chi connectivity index (χ4n) is 1.90. The molecule has 2 heterocycles. The summed E-state index contributed by atoms with van der Waals surface area (Å²) in [6.45, 7) is 6.04. The molecule has 0 amide bonds. The van der Waals surface area contributed by atoms with Gasteiger partial charge in [-0.05, 0) is 26.8 Å². The quantitative estimate of drug-likeness (QED) is 0.680. The van der Waals surface area contributed by atoms with Crippen molar-refractivity contribution in [3.05, 3.63) is 11.3 Å². The van der Waals surface area contributed by atoms with E-state index in [0.717, 1.165) is 37.2 Å². The minimum atomic E-state index is 0.321. The van der Waals surface area contributed by atoms with E-state index < -0.39 is 0 Å². The Hall–Kier alpha value is -1.36. The van der Waals surface area contributed by atoms with Crippen LogP contribution in [0.15, 0.2) is 0 Å². The fraction of sp³-hybridized carbons (Fsp3) is 0.636. The second-order valence-corrected chi connectivity index (χ2v) is 4.41. The first-order chi connectivity index (χ1) is 7.66. The highest BCUT2D eigenvalue weighted by atomic mass is 15.1. The lowest BCUT2D eigenvalue weighted by molar-refractivity contribution is 0.708. The Morgan fingerprint density at radius 1 is 1.25 bits per heavy atom. The van der Waals surface area contributed by atoms with Crippen molar-refractivity contribution in [2.24, 2.45) is 0 Å². The normalized spacial score (nSPS) is 15.7. The van der Waals surface area contributed by atoms with Gasteiger partial charge in [0.25, 0.3) is 0 Å². The van der Waals surface area contributed by atoms with Crippen LogP contribution in [0.1, 0.15) is 25.1 Å². The summed E-state index contributed by atoms with van der Waals surface area (Å²) in [5.41, 5.74) is 8.16. The van der Waals surface area contributed by atoms with Gasteiger partial charge in [0.05, 0.1) is 5.69 Å². The Morgan fingerprint density at radius 3 is 2.75 bits per heavy atom. The summed E-state index contributed by atoms with van der Waals surface area (Å²) in [5, 5.41) is 6.53. The molecule has 5 heteroatoms. The predicted molar refractivity (Wildman–Crippen MR) is 65.5 cm³/mol. The van der Waals surface area contributed by atoms with Crippen molar-refractivity contribution in [2.75, 3.05) is 24.1 Å². The SMILES string of the molecule is CC(C)Nc1nc(N)c2c(n1)CCNCC2. The average molecular weight is 221 g/mol. The third-order valence-electron chi connectivity index (χ3n) is 2.63. The van der Waals surface area contributed by atoms with Crippen LogP contribution in [0.4, 0.5) is 11.8 Å². The molecule has 1 aliphatic rings. The molecule has 16 heavy (non-hydrogen) atoms. The van der Waals surface area contributed by atoms with E-state index in [9.17, 15) is 0 Å². The number of hydrogen-bond acceptors (Lipinski definition) is 5. The third-order valence-corrected chi connectivity index (χ3v) is 2.63. The Bertz CT molecular complexity index is 375. The van der Waals surface area contributed by atoms with Gasteiger partial charge in [-0.25, -0.2) is 4.98 Å². The van der Waals surface area contributed by atoms with Crippen LogP contribution in [0.5, 0.6) is 0 Å². The maximum Gasteiger partial charge on any atom is 0.225 e. The summed E-state index contributed by atoms with van der Waals surface area (Å²) in [4.78, 5) is 8.83. The number of nitrogen functional groups attached to an aromatic ring is 1. The average Bonchev–Trinajstić information content (AvgIpc) is 2.41. The second-order valence-electron chi connectivity index (χ2n) is 4.41. The first-order valence-electron chi connectivity index (χ1n) is 5.79. The van der Waals surface area contributed by atoms with E-state index in [-0.39, 0.29) is 0 Å². The zero-order valence-corrected chi connectivity index (χ0v) is 9.88. The van der Waals surface area contributed by atoms with Crippen molar-refractivity contribution in [3.8, 4) is 0 Å². The molecule has 0 saturated heterocycles. The van der Waals surface area contributed by atoms with E-state index in [1.165, 1.54) is 0 Å². The van der Waals surface area contributed by atoms with Crippen LogP contribution in [-0.2, 0) is 12.8 Å². The second kappa shape index (κ2) is 4.65. The Labute approximate surface area is 95.9 Å². The molecule has 0 spiro atoms. The van der Waals surface area contributed by atoms with Crippen molar-refractivity contribution < 1.29 is 0 Å². The Kier molecular flexibility index (Phi) is 3.24. The van der Waals surface area contributed by atoms with Crippen LogP contribution < -0.4 is 16.4 Å². The number of aromatic nitrogens is 2. The molecule has 0 bridgehead atoms. The molecule has 88 valence electrons. The third kappa shape index (κ3) is 2.41. The molecule has 0 atom stereocenters. The topological polar surface area (TPSA) is 75.9 Å². The molecule has 0 unspecified atom stereocenters. The molecule has 1 aromatic rings. The van der Waals surface area contributed by atoms with E-state index in [0.29, 0.717) is 17.8 Å². The first-order valence-corrected chi connectivity index (χ1v) is 5.79. The van der Waals surface area contributed by atoms with E-state index in [1.54, 1.807) is 0 Å². The van der Waals surface area contributed by atoms with Gasteiger partial charge >= 0.3 is 0 Å². The maximum atomic E-state index is 5.97. The smallest absolute Gasteiger partial charge is 0.225 e. The van der Waals surface area contributed by atoms with Crippen molar-refractivity contribution >= 4 is 11.8 Å². The zero-order valence-electron chi connectivity index (χ0n) is 9.88. The molecule has 4 N–H and O–H groups in total. The highest BCUT2D eigenvalue weighted by Gasteiger charge is 2.14. The van der Waals surface area contributed by atoms with Crippen LogP contribution in [0.2, 0.25) is 0 Å². The summed E-state index contributed by atoms with van der Waals surface area (Å²) < 4.78 is 0. The molecule has 1 aromatic heterocycles. The van der Waals surface area contributed by atoms with Crippen LogP contribution in [0.3, 0.4) is 0 Å². The summed E-state index contributed by atoms with van der Waals surface area (Å²) in [6, 6.07) is 0.321. The molecular weight excluding hydrogens is 202 g/mol. The zero-order chi connectivity index (χ0) is 11.5. The molecule has 0 aliphatic carbocycles. The lowest BCUT2D eigenvalue weighted by atomic mass is 10.1. The van der Waals surface area contributed by atoms with Gasteiger partial charge in [-0.1, -0.05) is 0 Å². The van der Waals surface area contributed by atoms with Gasteiger partial charge in [-0.15, -0.1) is 0 Å². The van der Waals surface area contributed by atoms with Gasteiger partial charge in [0.15, 0.2) is 0 Å². The lowest BCUT2D eigenvalue weighted by Gasteiger charge is -2.12. The summed E-state index contributed by atoms with van der Waals surface area (Å²) in [6.07, 6.45) is 1.85. The number of nitrogens with zero attached hydrogens (tertiary/aromatic N) is 2. The van der Waals surface area contributed by atoms with Crippen LogP contribution in [-0.4, -0.2) is 29.1 Å². The van der Waals surface area contributed by atoms with Crippen LogP contribution in [0, 0.1) is 0 Å². The van der Waals surface area contributed by atoms with Gasteiger partial charge in [-0.3, -0.25) is 0 Å². The van der Waals surface area contributed by atoms with Gasteiger partial charge in [0.1, 0.15) is 5.82 Å². The van der Waals surface area contributed by atoms with Gasteiger partial charge in [0.2, 0.25) is 5.95 Å². The Morgan fingerprint density at radius 2 is 2.00 bits per heavy atom. The van der Waals surface area contributed by atoms with Gasteiger partial charge < -0.3 is 16.4 Å². The van der Waals surface area contributed by atoms with E-state index in [4.69, 9.17) is 5.73 Å². The summed E-state index contributed by atoms with van der Waals surface area (Å²) in [5.74, 6) is 1.27. The standard InChI is InChI=1S/C11H19N5/c1-7(2)14-11-15-9-4-6-13-5-3-8(9)10(12)16-11/h7,13H,3-6H2,1-2H3,(H3,12,14,15,16). The van der Waals surface area contributed by atoms with E-state index in [2.05, 4.69) is 34.4 Å². The molecule has 1 aliphatic heterocycles. The first kappa shape index (κ1) is 11.1. The number of hydrogen-bond donors (Lipinski definition) is 3. The monoisotopic (exact) mass is 221 g/mol. The number of anilines is 2. The van der Waals surface area contributed by atoms with E-state index >= 15 is 0 Å². The largest absolute Gasteiger partial charge is 0.383 e. The highest BCUT2D eigenvalue weighted by molar-refractivity contribution is 5.48. The molecule has 0 radical (unpaired) electrons. The molecule has 0 saturated carbocycles. The van der Waals surface area contributed by atoms with Gasteiger partial charge in [0, 0.05) is 24.6 Å². The molecule has 2 rings (SSSR count). The number of nitrogens with one attached hydrogen (secondary N) is 2. The van der Waals surface area contributed by atoms with Crippen molar-refractivity contribution in [2.45, 2.75) is 32.7 Å². The lowest BCUT2D eigenvalue weighted by Crippen LogP contribution is -2.16. The minimum absolute atomic E-state index is 0.321. The minimum Gasteiger partial charge on any atom is -0.383 e. The van der Waals surface area contributed by atoms with Crippen molar-refractivity contribution in [3.63, 3.8) is 0 Å². The summed E-state index contributed by atoms with van der Waals surface area (Å²) >= 11 is 0. The number of fused-ring (bicyclic) bond motifs is 1. The predicted octanol–water partition coefficient (Wildman–Crippen LogP) is 0.567.